The number of piperidine rings is 2. The normalized spacial score (nSPS) is 23.1. The molecule has 1 aromatic rings. The average molecular weight is 578 g/mol. The number of anilines is 1. The summed E-state index contributed by atoms with van der Waals surface area (Å²) in [7, 11) is 0. The number of rotatable bonds is 5. The summed E-state index contributed by atoms with van der Waals surface area (Å²) in [5, 5.41) is 2.25. The molecular weight excluding hydrogens is 543 g/mol. The van der Waals surface area contributed by atoms with Crippen LogP contribution in [0.15, 0.2) is 18.2 Å². The van der Waals surface area contributed by atoms with Crippen molar-refractivity contribution >= 4 is 66.5 Å². The summed E-state index contributed by atoms with van der Waals surface area (Å²) in [5.41, 5.74) is 7.15. The van der Waals surface area contributed by atoms with Crippen LogP contribution in [0.3, 0.4) is 0 Å². The first-order valence-corrected chi connectivity index (χ1v) is 12.2. The number of piperazine rings is 1. The van der Waals surface area contributed by atoms with E-state index in [1.54, 1.807) is 12.1 Å². The number of nitrogens with one attached hydrogen (secondary N) is 1. The minimum absolute atomic E-state index is 0. The largest absolute Gasteiger partial charge is 0.368 e. The molecule has 0 spiro atoms. The van der Waals surface area contributed by atoms with E-state index in [0.29, 0.717) is 23.7 Å². The fourth-order valence-electron chi connectivity index (χ4n) is 5.78. The molecule has 10 nitrogen and oxygen atoms in total. The molecule has 1 aromatic carbocycles. The minimum atomic E-state index is -0.945. The Labute approximate surface area is 235 Å². The van der Waals surface area contributed by atoms with Gasteiger partial charge in [0.2, 0.25) is 11.8 Å². The van der Waals surface area contributed by atoms with Crippen LogP contribution in [0.25, 0.3) is 0 Å². The van der Waals surface area contributed by atoms with Gasteiger partial charge in [-0.05, 0) is 44.5 Å². The molecule has 0 bridgehead atoms. The van der Waals surface area contributed by atoms with Gasteiger partial charge in [0.15, 0.2) is 0 Å². The van der Waals surface area contributed by atoms with Gasteiger partial charge in [0.05, 0.1) is 16.8 Å². The maximum absolute atomic E-state index is 13.4. The fraction of sp³-hybridized carbons (Fsp3) is 0.583. The maximum Gasteiger partial charge on any atom is 0.264 e. The Balaban J connectivity index is 0.00000160. The van der Waals surface area contributed by atoms with Gasteiger partial charge in [-0.25, -0.2) is 0 Å². The Hall–Kier alpha value is -1.95. The van der Waals surface area contributed by atoms with E-state index in [0.717, 1.165) is 69.2 Å². The Morgan fingerprint density at radius 1 is 0.865 bits per heavy atom. The van der Waals surface area contributed by atoms with E-state index >= 15 is 0 Å². The molecular formula is C24H35Cl3N6O4. The second-order valence-corrected chi connectivity index (χ2v) is 9.53. The van der Waals surface area contributed by atoms with Gasteiger partial charge in [-0.1, -0.05) is 6.07 Å². The molecule has 4 amide bonds. The van der Waals surface area contributed by atoms with Gasteiger partial charge < -0.3 is 15.5 Å². The summed E-state index contributed by atoms with van der Waals surface area (Å²) in [6.45, 7) is 7.20. The van der Waals surface area contributed by atoms with E-state index in [1.807, 2.05) is 6.07 Å². The van der Waals surface area contributed by atoms with Crippen LogP contribution in [0, 0.1) is 0 Å². The van der Waals surface area contributed by atoms with Gasteiger partial charge in [-0.3, -0.25) is 34.3 Å². The van der Waals surface area contributed by atoms with Crippen molar-refractivity contribution in [2.75, 3.05) is 57.3 Å². The number of imide groups is 2. The smallest absolute Gasteiger partial charge is 0.264 e. The van der Waals surface area contributed by atoms with Crippen LogP contribution in [0.4, 0.5) is 5.69 Å². The van der Waals surface area contributed by atoms with E-state index in [2.05, 4.69) is 20.0 Å². The Morgan fingerprint density at radius 3 is 2.16 bits per heavy atom. The molecule has 4 heterocycles. The van der Waals surface area contributed by atoms with E-state index < -0.39 is 23.8 Å². The lowest BCUT2D eigenvalue weighted by atomic mass is 10.0. The van der Waals surface area contributed by atoms with Crippen LogP contribution in [0.2, 0.25) is 0 Å². The Kier molecular flexibility index (Phi) is 11.2. The molecule has 0 aromatic heterocycles. The quantitative estimate of drug-likeness (QED) is 0.496. The lowest BCUT2D eigenvalue weighted by molar-refractivity contribution is -0.136. The van der Waals surface area contributed by atoms with Gasteiger partial charge >= 0.3 is 0 Å². The summed E-state index contributed by atoms with van der Waals surface area (Å²) >= 11 is 0. The zero-order valence-electron chi connectivity index (χ0n) is 20.6. The summed E-state index contributed by atoms with van der Waals surface area (Å²) in [5.74, 6) is -1.86. The Bertz CT molecular complexity index is 1010. The number of nitrogens with zero attached hydrogens (tertiary/aromatic N) is 4. The molecule has 1 atom stereocenters. The second-order valence-electron chi connectivity index (χ2n) is 9.53. The molecule has 3 fully saturated rings. The monoisotopic (exact) mass is 576 g/mol. The number of carbonyl (C=O) groups excluding carboxylic acids is 4. The van der Waals surface area contributed by atoms with Crippen molar-refractivity contribution in [3.63, 3.8) is 0 Å². The van der Waals surface area contributed by atoms with Gasteiger partial charge in [-0.2, -0.15) is 0 Å². The third-order valence-corrected chi connectivity index (χ3v) is 7.62. The Morgan fingerprint density at radius 2 is 1.54 bits per heavy atom. The molecule has 0 aliphatic carbocycles. The topological polar surface area (TPSA) is 119 Å². The zero-order valence-corrected chi connectivity index (χ0v) is 23.0. The highest BCUT2D eigenvalue weighted by molar-refractivity contribution is 6.25. The van der Waals surface area contributed by atoms with Crippen LogP contribution in [-0.4, -0.2) is 103 Å². The number of nitrogens with two attached hydrogens (primary N) is 1. The molecule has 5 rings (SSSR count). The standard InChI is InChI=1S/C24H32N6O4.3ClH/c25-8-11-27-9-6-16(7-10-27)28-12-14-29(15-13-28)18-3-1-2-17-21(18)24(34)30(23(17)33)19-4-5-20(31)26-22(19)32;;;/h1-3,16,19H,4-15,25H2,(H,26,31,32);3*1H. The zero-order chi connectivity index (χ0) is 23.8. The highest BCUT2D eigenvalue weighted by Gasteiger charge is 2.46. The van der Waals surface area contributed by atoms with Gasteiger partial charge in [0.25, 0.3) is 11.8 Å². The second kappa shape index (κ2) is 13.2. The lowest BCUT2D eigenvalue weighted by Crippen LogP contribution is -2.54. The maximum atomic E-state index is 13.4. The number of hydrogen-bond donors (Lipinski definition) is 2. The van der Waals surface area contributed by atoms with Crippen molar-refractivity contribution in [2.24, 2.45) is 5.73 Å². The van der Waals surface area contributed by atoms with Crippen molar-refractivity contribution in [1.29, 1.82) is 0 Å². The van der Waals surface area contributed by atoms with Gasteiger partial charge in [0.1, 0.15) is 6.04 Å². The van der Waals surface area contributed by atoms with Crippen LogP contribution in [0.5, 0.6) is 0 Å². The van der Waals surface area contributed by atoms with Crippen molar-refractivity contribution < 1.29 is 19.2 Å². The molecule has 4 aliphatic rings. The molecule has 3 saturated heterocycles. The first-order valence-electron chi connectivity index (χ1n) is 12.2. The molecule has 0 saturated carbocycles. The number of halogens is 3. The molecule has 3 N–H and O–H groups in total. The van der Waals surface area contributed by atoms with Crippen molar-refractivity contribution in [2.45, 2.75) is 37.8 Å². The summed E-state index contributed by atoms with van der Waals surface area (Å²) in [6, 6.07) is 4.96. The van der Waals surface area contributed by atoms with Crippen molar-refractivity contribution in [1.82, 2.24) is 20.0 Å². The van der Waals surface area contributed by atoms with Crippen LogP contribution >= 0.6 is 37.2 Å². The molecule has 0 radical (unpaired) electrons. The molecule has 1 unspecified atom stereocenters. The van der Waals surface area contributed by atoms with Gasteiger partial charge in [0, 0.05) is 51.7 Å². The number of carbonyl (C=O) groups is 4. The summed E-state index contributed by atoms with van der Waals surface area (Å²) in [6.07, 6.45) is 2.57. The number of amides is 4. The van der Waals surface area contributed by atoms with E-state index in [1.165, 1.54) is 0 Å². The summed E-state index contributed by atoms with van der Waals surface area (Å²) in [4.78, 5) is 58.6. The van der Waals surface area contributed by atoms with E-state index in [-0.39, 0.29) is 56.0 Å². The lowest BCUT2D eigenvalue weighted by Gasteiger charge is -2.43. The summed E-state index contributed by atoms with van der Waals surface area (Å²) < 4.78 is 0. The predicted molar refractivity (Wildman–Crippen MR) is 147 cm³/mol. The fourth-order valence-corrected chi connectivity index (χ4v) is 5.78. The van der Waals surface area contributed by atoms with E-state index in [9.17, 15) is 19.2 Å². The SMILES string of the molecule is Cl.Cl.Cl.NCCN1CCC(N2CCN(c3cccc4c3C(=O)N(C3CCC(=O)NC3=O)C4=O)CC2)CC1. The van der Waals surface area contributed by atoms with Crippen LogP contribution < -0.4 is 16.0 Å². The van der Waals surface area contributed by atoms with Crippen LogP contribution in [0.1, 0.15) is 46.4 Å². The molecule has 206 valence electrons. The molecule has 37 heavy (non-hydrogen) atoms. The highest BCUT2D eigenvalue weighted by Crippen LogP contribution is 2.35. The van der Waals surface area contributed by atoms with Crippen LogP contribution in [-0.2, 0) is 9.59 Å². The average Bonchev–Trinajstić information content (AvgIpc) is 3.10. The number of likely N-dealkylation sites (tertiary alicyclic amines) is 1. The first-order chi connectivity index (χ1) is 16.5. The number of hydrogen-bond acceptors (Lipinski definition) is 8. The van der Waals surface area contributed by atoms with Crippen molar-refractivity contribution in [3.8, 4) is 0 Å². The molecule has 4 aliphatic heterocycles. The first kappa shape index (κ1) is 31.3. The number of benzene rings is 1. The van der Waals surface area contributed by atoms with Gasteiger partial charge in [-0.15, -0.1) is 37.2 Å². The third kappa shape index (κ3) is 6.05. The third-order valence-electron chi connectivity index (χ3n) is 7.62. The number of fused-ring (bicyclic) bond motifs is 1. The molecule has 13 heteroatoms. The minimum Gasteiger partial charge on any atom is -0.368 e. The van der Waals surface area contributed by atoms with Crippen molar-refractivity contribution in [3.05, 3.63) is 29.3 Å². The predicted octanol–water partition coefficient (Wildman–Crippen LogP) is 0.898. The highest BCUT2D eigenvalue weighted by atomic mass is 35.5. The van der Waals surface area contributed by atoms with E-state index in [4.69, 9.17) is 5.73 Å².